The lowest BCUT2D eigenvalue weighted by molar-refractivity contribution is -0.150. The van der Waals surface area contributed by atoms with Gasteiger partial charge < -0.3 is 56.9 Å². The molecular weight excluding hydrogens is 600 g/mol. The normalized spacial score (nSPS) is 23.2. The maximum Gasteiger partial charge on any atom is 0.413 e. The van der Waals surface area contributed by atoms with E-state index < -0.39 is 108 Å². The molecule has 1 aliphatic rings. The second-order valence-corrected chi connectivity index (χ2v) is 10.2. The SMILES string of the molecule is CC(C)CC(N)C(=O)NC(=O)OCC(O)C(O)C(N)C(=O)NC(C(=O)O)[C@H]1O[C@@H](n2cc(C(=O)O)c(=O)[nH]c2=O)[C@H](O)[C@@H]1O. The minimum Gasteiger partial charge on any atom is -0.480 e. The van der Waals surface area contributed by atoms with Gasteiger partial charge in [-0.1, -0.05) is 13.8 Å². The molecule has 9 atom stereocenters. The molecule has 21 heteroatoms. The van der Waals surface area contributed by atoms with Crippen molar-refractivity contribution in [1.82, 2.24) is 20.2 Å². The van der Waals surface area contributed by atoms with E-state index >= 15 is 0 Å². The van der Waals surface area contributed by atoms with E-state index in [0.717, 1.165) is 0 Å². The van der Waals surface area contributed by atoms with Crippen molar-refractivity contribution in [1.29, 1.82) is 0 Å². The Balaban J connectivity index is 2.08. The van der Waals surface area contributed by atoms with Gasteiger partial charge in [-0.25, -0.2) is 19.2 Å². The van der Waals surface area contributed by atoms with Gasteiger partial charge >= 0.3 is 23.7 Å². The lowest BCUT2D eigenvalue weighted by Crippen LogP contribution is -2.60. The zero-order chi connectivity index (χ0) is 33.6. The number of carbonyl (C=O) groups is 5. The van der Waals surface area contributed by atoms with Gasteiger partial charge in [0.1, 0.15) is 48.7 Å². The highest BCUT2D eigenvalue weighted by Gasteiger charge is 2.50. The van der Waals surface area contributed by atoms with Crippen molar-refractivity contribution in [3.63, 3.8) is 0 Å². The maximum atomic E-state index is 12.6. The van der Waals surface area contributed by atoms with E-state index in [4.69, 9.17) is 21.3 Å². The van der Waals surface area contributed by atoms with Crippen LogP contribution in [0, 0.1) is 5.92 Å². The van der Waals surface area contributed by atoms with Crippen LogP contribution in [-0.4, -0.2) is 125 Å². The van der Waals surface area contributed by atoms with Gasteiger partial charge in [0.25, 0.3) is 5.56 Å². The molecule has 1 aliphatic heterocycles. The number of nitrogens with two attached hydrogens (primary N) is 2. The number of H-pyrrole nitrogens is 1. The molecule has 1 saturated heterocycles. The number of carboxylic acid groups (broad SMARTS) is 2. The average Bonchev–Trinajstić information content (AvgIpc) is 3.21. The Labute approximate surface area is 246 Å². The number of aromatic nitrogens is 2. The van der Waals surface area contributed by atoms with Crippen LogP contribution in [0.4, 0.5) is 4.79 Å². The molecule has 1 fully saturated rings. The smallest absolute Gasteiger partial charge is 0.413 e. The third-order valence-electron chi connectivity index (χ3n) is 6.38. The number of rotatable bonds is 13. The molecule has 1 aromatic rings. The number of aromatic amines is 1. The Bertz CT molecular complexity index is 1360. The fourth-order valence-corrected chi connectivity index (χ4v) is 4.05. The van der Waals surface area contributed by atoms with Crippen LogP contribution in [0.5, 0.6) is 0 Å². The van der Waals surface area contributed by atoms with Crippen LogP contribution in [0.2, 0.25) is 0 Å². The third-order valence-corrected chi connectivity index (χ3v) is 6.38. The molecule has 44 heavy (non-hydrogen) atoms. The highest BCUT2D eigenvalue weighted by molar-refractivity contribution is 5.94. The fraction of sp³-hybridized carbons (Fsp3) is 0.609. The Kier molecular flexibility index (Phi) is 12.2. The number of aromatic carboxylic acids is 1. The van der Waals surface area contributed by atoms with Gasteiger partial charge in [-0.2, -0.15) is 0 Å². The summed E-state index contributed by atoms with van der Waals surface area (Å²) < 4.78 is 10.3. The predicted octanol–water partition coefficient (Wildman–Crippen LogP) is -5.90. The fourth-order valence-electron chi connectivity index (χ4n) is 4.05. The van der Waals surface area contributed by atoms with E-state index in [-0.39, 0.29) is 12.3 Å². The first-order chi connectivity index (χ1) is 20.4. The van der Waals surface area contributed by atoms with Crippen molar-refractivity contribution in [2.75, 3.05) is 6.61 Å². The summed E-state index contributed by atoms with van der Waals surface area (Å²) >= 11 is 0. The number of carboxylic acids is 2. The summed E-state index contributed by atoms with van der Waals surface area (Å²) in [5.41, 5.74) is 7.71. The van der Waals surface area contributed by atoms with Crippen molar-refractivity contribution >= 4 is 29.8 Å². The second kappa shape index (κ2) is 15.0. The van der Waals surface area contributed by atoms with Gasteiger partial charge in [0, 0.05) is 6.20 Å². The summed E-state index contributed by atoms with van der Waals surface area (Å²) in [5, 5.41) is 63.6. The van der Waals surface area contributed by atoms with E-state index in [2.05, 4.69) is 4.74 Å². The summed E-state index contributed by atoms with van der Waals surface area (Å²) in [6, 6.07) is -5.33. The van der Waals surface area contributed by atoms with Crippen LogP contribution in [0.25, 0.3) is 0 Å². The molecule has 246 valence electrons. The van der Waals surface area contributed by atoms with Crippen molar-refractivity contribution in [2.45, 2.75) is 75.1 Å². The molecule has 0 spiro atoms. The van der Waals surface area contributed by atoms with Crippen LogP contribution in [0.15, 0.2) is 15.8 Å². The molecule has 0 aromatic carbocycles. The minimum atomic E-state index is -2.21. The molecule has 0 bridgehead atoms. The highest BCUT2D eigenvalue weighted by Crippen LogP contribution is 2.30. The van der Waals surface area contributed by atoms with Gasteiger partial charge in [0.2, 0.25) is 11.8 Å². The zero-order valence-electron chi connectivity index (χ0n) is 23.2. The maximum absolute atomic E-state index is 12.6. The average molecular weight is 635 g/mol. The molecule has 5 unspecified atom stereocenters. The van der Waals surface area contributed by atoms with Crippen molar-refractivity contribution in [2.24, 2.45) is 17.4 Å². The largest absolute Gasteiger partial charge is 0.480 e. The minimum absolute atomic E-state index is 0.0411. The molecule has 13 N–H and O–H groups in total. The van der Waals surface area contributed by atoms with Crippen LogP contribution in [-0.2, 0) is 23.9 Å². The number of carbonyl (C=O) groups excluding carboxylic acids is 3. The number of nitrogens with one attached hydrogen (secondary N) is 3. The molecule has 1 aromatic heterocycles. The Morgan fingerprint density at radius 2 is 1.68 bits per heavy atom. The number of ether oxygens (including phenoxy) is 2. The van der Waals surface area contributed by atoms with Crippen molar-refractivity contribution in [3.05, 3.63) is 32.6 Å². The topological polar surface area (TPSA) is 356 Å². The third kappa shape index (κ3) is 8.66. The molecule has 0 radical (unpaired) electrons. The van der Waals surface area contributed by atoms with Crippen LogP contribution < -0.4 is 33.3 Å². The number of hydrogen-bond acceptors (Lipinski definition) is 15. The summed E-state index contributed by atoms with van der Waals surface area (Å²) in [5.74, 6) is -5.89. The first-order valence-corrected chi connectivity index (χ1v) is 12.9. The molecular formula is C23H34N6O15. The number of alkyl carbamates (subject to hydrolysis) is 1. The number of amides is 3. The lowest BCUT2D eigenvalue weighted by atomic mass is 10.0. The van der Waals surface area contributed by atoms with Crippen LogP contribution in [0.3, 0.4) is 0 Å². The number of nitrogens with zero attached hydrogens (tertiary/aromatic N) is 1. The van der Waals surface area contributed by atoms with Gasteiger partial charge in [0.15, 0.2) is 12.3 Å². The Hall–Kier alpha value is -4.25. The first-order valence-electron chi connectivity index (χ1n) is 12.9. The van der Waals surface area contributed by atoms with E-state index in [1.807, 2.05) is 10.6 Å². The number of aliphatic carboxylic acids is 1. The van der Waals surface area contributed by atoms with Gasteiger partial charge in [-0.05, 0) is 12.3 Å². The van der Waals surface area contributed by atoms with E-state index in [1.54, 1.807) is 18.8 Å². The second-order valence-electron chi connectivity index (χ2n) is 10.2. The lowest BCUT2D eigenvalue weighted by Gasteiger charge is -2.27. The number of aliphatic hydroxyl groups is 4. The molecule has 2 rings (SSSR count). The Morgan fingerprint density at radius 3 is 2.23 bits per heavy atom. The van der Waals surface area contributed by atoms with Gasteiger partial charge in [0.05, 0.1) is 6.04 Å². The summed E-state index contributed by atoms with van der Waals surface area (Å²) in [7, 11) is 0. The first kappa shape index (κ1) is 35.9. The van der Waals surface area contributed by atoms with E-state index in [0.29, 0.717) is 10.8 Å². The summed E-state index contributed by atoms with van der Waals surface area (Å²) in [4.78, 5) is 85.1. The van der Waals surface area contributed by atoms with Crippen LogP contribution >= 0.6 is 0 Å². The summed E-state index contributed by atoms with van der Waals surface area (Å²) in [6.07, 6.45) is -13.0. The zero-order valence-corrected chi connectivity index (χ0v) is 23.2. The number of hydrogen-bond donors (Lipinski definition) is 11. The Morgan fingerprint density at radius 1 is 1.07 bits per heavy atom. The quantitative estimate of drug-likeness (QED) is 0.0961. The van der Waals surface area contributed by atoms with Gasteiger partial charge in [-0.3, -0.25) is 29.3 Å². The monoisotopic (exact) mass is 634 g/mol. The predicted molar refractivity (Wildman–Crippen MR) is 141 cm³/mol. The van der Waals surface area contributed by atoms with Crippen molar-refractivity contribution in [3.8, 4) is 0 Å². The molecule has 0 aliphatic carbocycles. The van der Waals surface area contributed by atoms with Crippen LogP contribution in [0.1, 0.15) is 36.9 Å². The number of imide groups is 1. The van der Waals surface area contributed by atoms with Crippen molar-refractivity contribution < 1.29 is 64.1 Å². The van der Waals surface area contributed by atoms with E-state index in [1.165, 1.54) is 0 Å². The van der Waals surface area contributed by atoms with E-state index in [9.17, 15) is 59.1 Å². The van der Waals surface area contributed by atoms with Gasteiger partial charge in [-0.15, -0.1) is 0 Å². The standard InChI is InChI=1S/C23H34N6O15/c1-6(2)3-8(24)17(35)28-23(42)43-5-9(30)12(31)10(25)18(36)26-11(21(39)40)15-13(32)14(33)19(44-15)29-4-7(20(37)38)16(34)27-22(29)41/h4,6,8-15,19,30-33H,3,5,24-25H2,1-2H3,(H,26,36)(H,37,38)(H,39,40)(H,27,34,41)(H,28,35,42)/t8?,9?,10?,11?,12?,13-,14+,15+,19+/m0/s1. The highest BCUT2D eigenvalue weighted by atomic mass is 16.6. The number of aliphatic hydroxyl groups excluding tert-OH is 4. The molecule has 0 saturated carbocycles. The molecule has 3 amide bonds. The molecule has 2 heterocycles. The molecule has 21 nitrogen and oxygen atoms in total. The summed E-state index contributed by atoms with van der Waals surface area (Å²) in [6.45, 7) is 2.60.